The van der Waals surface area contributed by atoms with Crippen molar-refractivity contribution in [2.24, 2.45) is 4.99 Å². The summed E-state index contributed by atoms with van der Waals surface area (Å²) in [5, 5.41) is 6.61. The van der Waals surface area contributed by atoms with Crippen molar-refractivity contribution >= 4 is 29.9 Å². The van der Waals surface area contributed by atoms with Crippen molar-refractivity contribution in [3.05, 3.63) is 35.4 Å². The van der Waals surface area contributed by atoms with Gasteiger partial charge in [-0.1, -0.05) is 24.3 Å². The van der Waals surface area contributed by atoms with Crippen LogP contribution in [0.3, 0.4) is 0 Å². The second kappa shape index (κ2) is 6.41. The molecule has 1 aromatic rings. The summed E-state index contributed by atoms with van der Waals surface area (Å²) < 4.78 is 0. The standard InChI is InChI=1S/C14H19N3.HI/c1-8-15-14(16-9-1)17-10-11-2-4-12(5-3-11)13-6-7-13;/h2-5,13H,1,6-10H2,(H2,15,16,17);1H. The van der Waals surface area contributed by atoms with E-state index in [1.165, 1.54) is 24.0 Å². The van der Waals surface area contributed by atoms with Crippen LogP contribution in [0.15, 0.2) is 29.3 Å². The van der Waals surface area contributed by atoms with Gasteiger partial charge in [-0.25, -0.2) is 0 Å². The molecule has 1 saturated carbocycles. The average Bonchev–Trinajstić information content (AvgIpc) is 3.23. The zero-order chi connectivity index (χ0) is 11.5. The Kier molecular flexibility index (Phi) is 4.86. The molecule has 3 nitrogen and oxygen atoms in total. The summed E-state index contributed by atoms with van der Waals surface area (Å²) in [6.07, 6.45) is 3.89. The fourth-order valence-corrected chi connectivity index (χ4v) is 2.16. The summed E-state index contributed by atoms with van der Waals surface area (Å²) in [7, 11) is 0. The van der Waals surface area contributed by atoms with Gasteiger partial charge in [0.25, 0.3) is 0 Å². The molecule has 1 aromatic carbocycles. The summed E-state index contributed by atoms with van der Waals surface area (Å²) in [4.78, 5) is 4.39. The molecule has 0 aromatic heterocycles. The van der Waals surface area contributed by atoms with E-state index >= 15 is 0 Å². The molecule has 0 amide bonds. The lowest BCUT2D eigenvalue weighted by Crippen LogP contribution is -2.40. The number of rotatable bonds is 3. The first kappa shape index (κ1) is 13.6. The molecule has 1 heterocycles. The lowest BCUT2D eigenvalue weighted by molar-refractivity contribution is 0.702. The molecule has 2 N–H and O–H groups in total. The van der Waals surface area contributed by atoms with Crippen LogP contribution >= 0.6 is 24.0 Å². The van der Waals surface area contributed by atoms with Crippen molar-refractivity contribution in [3.63, 3.8) is 0 Å². The summed E-state index contributed by atoms with van der Waals surface area (Å²) in [5.74, 6) is 1.80. The van der Waals surface area contributed by atoms with Crippen molar-refractivity contribution in [3.8, 4) is 0 Å². The van der Waals surface area contributed by atoms with E-state index in [0.717, 1.165) is 37.9 Å². The molecular weight excluding hydrogens is 337 g/mol. The molecule has 2 aliphatic rings. The Labute approximate surface area is 125 Å². The number of nitrogens with one attached hydrogen (secondary N) is 2. The second-order valence-electron chi connectivity index (χ2n) is 4.88. The van der Waals surface area contributed by atoms with Crippen LogP contribution in [0, 0.1) is 0 Å². The summed E-state index contributed by atoms with van der Waals surface area (Å²) in [5.41, 5.74) is 2.83. The average molecular weight is 357 g/mol. The minimum absolute atomic E-state index is 0. The van der Waals surface area contributed by atoms with Gasteiger partial charge in [0.15, 0.2) is 5.96 Å². The first-order valence-corrected chi connectivity index (χ1v) is 6.53. The zero-order valence-electron chi connectivity index (χ0n) is 10.5. The van der Waals surface area contributed by atoms with Crippen LogP contribution in [0.25, 0.3) is 0 Å². The number of nitrogens with zero attached hydrogens (tertiary/aromatic N) is 1. The molecule has 0 spiro atoms. The number of hydrogen-bond donors (Lipinski definition) is 2. The van der Waals surface area contributed by atoms with Gasteiger partial charge in [0.2, 0.25) is 0 Å². The predicted octanol–water partition coefficient (Wildman–Crippen LogP) is 2.62. The van der Waals surface area contributed by atoms with Crippen LogP contribution in [0.2, 0.25) is 0 Å². The van der Waals surface area contributed by atoms with Gasteiger partial charge in [-0.2, -0.15) is 0 Å². The van der Waals surface area contributed by atoms with Crippen molar-refractivity contribution < 1.29 is 0 Å². The third-order valence-electron chi connectivity index (χ3n) is 3.39. The smallest absolute Gasteiger partial charge is 0.191 e. The molecule has 0 atom stereocenters. The molecule has 0 radical (unpaired) electrons. The normalized spacial score (nSPS) is 18.3. The highest BCUT2D eigenvalue weighted by Gasteiger charge is 2.22. The van der Waals surface area contributed by atoms with E-state index in [1.807, 2.05) is 0 Å². The third kappa shape index (κ3) is 3.60. The minimum Gasteiger partial charge on any atom is -0.356 e. The molecular formula is C14H20IN3. The van der Waals surface area contributed by atoms with E-state index < -0.39 is 0 Å². The Morgan fingerprint density at radius 2 is 2.00 bits per heavy atom. The summed E-state index contributed by atoms with van der Waals surface area (Å²) in [6.45, 7) is 2.83. The number of guanidine groups is 1. The number of hydrogen-bond acceptors (Lipinski definition) is 3. The fourth-order valence-electron chi connectivity index (χ4n) is 2.16. The molecule has 18 heavy (non-hydrogen) atoms. The van der Waals surface area contributed by atoms with E-state index in [-0.39, 0.29) is 24.0 Å². The largest absolute Gasteiger partial charge is 0.356 e. The highest BCUT2D eigenvalue weighted by Crippen LogP contribution is 2.39. The topological polar surface area (TPSA) is 36.4 Å². The van der Waals surface area contributed by atoms with Crippen LogP contribution in [-0.2, 0) is 6.54 Å². The van der Waals surface area contributed by atoms with E-state index in [9.17, 15) is 0 Å². The maximum atomic E-state index is 4.39. The molecule has 1 aliphatic carbocycles. The Hall–Kier alpha value is -0.780. The maximum absolute atomic E-state index is 4.39. The van der Waals surface area contributed by atoms with Gasteiger partial charge < -0.3 is 10.6 Å². The SMILES string of the molecule is I.c1cc(C2CC2)ccc1CNC1=NCCCN1. The monoisotopic (exact) mass is 357 g/mol. The van der Waals surface area contributed by atoms with Gasteiger partial charge in [0.1, 0.15) is 0 Å². The molecule has 0 unspecified atom stereocenters. The number of aliphatic imine (C=N–C) groups is 1. The van der Waals surface area contributed by atoms with Crippen LogP contribution in [0.4, 0.5) is 0 Å². The molecule has 1 aliphatic heterocycles. The Bertz CT molecular complexity index is 410. The Morgan fingerprint density at radius 3 is 2.61 bits per heavy atom. The molecule has 0 bridgehead atoms. The maximum Gasteiger partial charge on any atom is 0.191 e. The van der Waals surface area contributed by atoms with Gasteiger partial charge in [-0.15, -0.1) is 24.0 Å². The van der Waals surface area contributed by atoms with Gasteiger partial charge >= 0.3 is 0 Å². The minimum atomic E-state index is 0. The van der Waals surface area contributed by atoms with Crippen LogP contribution in [0.1, 0.15) is 36.3 Å². The highest BCUT2D eigenvalue weighted by atomic mass is 127. The zero-order valence-corrected chi connectivity index (χ0v) is 12.8. The fraction of sp³-hybridized carbons (Fsp3) is 0.500. The van der Waals surface area contributed by atoms with Gasteiger partial charge in [-0.05, 0) is 36.3 Å². The van der Waals surface area contributed by atoms with Crippen LogP contribution < -0.4 is 10.6 Å². The lowest BCUT2D eigenvalue weighted by Gasteiger charge is -2.16. The molecule has 1 fully saturated rings. The number of halogens is 1. The van der Waals surface area contributed by atoms with Crippen molar-refractivity contribution in [1.29, 1.82) is 0 Å². The van der Waals surface area contributed by atoms with Gasteiger partial charge in [-0.3, -0.25) is 4.99 Å². The predicted molar refractivity (Wildman–Crippen MR) is 85.6 cm³/mol. The number of benzene rings is 1. The van der Waals surface area contributed by atoms with Crippen molar-refractivity contribution in [2.45, 2.75) is 31.7 Å². The van der Waals surface area contributed by atoms with E-state index in [1.54, 1.807) is 0 Å². The van der Waals surface area contributed by atoms with Crippen LogP contribution in [-0.4, -0.2) is 19.0 Å². The first-order chi connectivity index (χ1) is 8.42. The third-order valence-corrected chi connectivity index (χ3v) is 3.39. The second-order valence-corrected chi connectivity index (χ2v) is 4.88. The van der Waals surface area contributed by atoms with Gasteiger partial charge in [0, 0.05) is 19.6 Å². The van der Waals surface area contributed by atoms with E-state index in [2.05, 4.69) is 39.9 Å². The molecule has 0 saturated heterocycles. The Morgan fingerprint density at radius 1 is 1.22 bits per heavy atom. The van der Waals surface area contributed by atoms with Crippen molar-refractivity contribution in [1.82, 2.24) is 10.6 Å². The summed E-state index contributed by atoms with van der Waals surface area (Å²) >= 11 is 0. The van der Waals surface area contributed by atoms with Crippen molar-refractivity contribution in [2.75, 3.05) is 13.1 Å². The highest BCUT2D eigenvalue weighted by molar-refractivity contribution is 14.0. The van der Waals surface area contributed by atoms with E-state index in [0.29, 0.717) is 0 Å². The molecule has 4 heteroatoms. The Balaban J connectivity index is 0.00000120. The van der Waals surface area contributed by atoms with Crippen LogP contribution in [0.5, 0.6) is 0 Å². The molecule has 3 rings (SSSR count). The van der Waals surface area contributed by atoms with E-state index in [4.69, 9.17) is 0 Å². The molecule has 98 valence electrons. The quantitative estimate of drug-likeness (QED) is 0.816. The van der Waals surface area contributed by atoms with Gasteiger partial charge in [0.05, 0.1) is 0 Å². The summed E-state index contributed by atoms with van der Waals surface area (Å²) in [6, 6.07) is 8.99. The first-order valence-electron chi connectivity index (χ1n) is 6.53. The lowest BCUT2D eigenvalue weighted by atomic mass is 10.1.